The van der Waals surface area contributed by atoms with E-state index in [9.17, 15) is 18.6 Å². The molecule has 0 saturated carbocycles. The van der Waals surface area contributed by atoms with Crippen LogP contribution in [0.15, 0.2) is 15.8 Å². The molecular weight excluding hydrogens is 292 g/mol. The zero-order valence-corrected chi connectivity index (χ0v) is 10.8. The van der Waals surface area contributed by atoms with Gasteiger partial charge in [0.1, 0.15) is 31.0 Å². The first-order valence-corrected chi connectivity index (χ1v) is 7.14. The molecule has 0 radical (unpaired) electrons. The molecule has 0 spiro atoms. The van der Waals surface area contributed by atoms with E-state index in [1.165, 1.54) is 4.57 Å². The Morgan fingerprint density at radius 1 is 1.40 bits per heavy atom. The summed E-state index contributed by atoms with van der Waals surface area (Å²) in [5, 5.41) is 31.0. The van der Waals surface area contributed by atoms with Crippen LogP contribution in [0.3, 0.4) is 0 Å². The third-order valence-electron chi connectivity index (χ3n) is 3.19. The molecule has 1 aromatic rings. The first kappa shape index (κ1) is 13.5. The van der Waals surface area contributed by atoms with Gasteiger partial charge in [-0.2, -0.15) is 8.42 Å². The lowest BCUT2D eigenvalue weighted by atomic mass is 10.1. The Bertz CT molecular complexity index is 655. The molecule has 11 heteroatoms. The zero-order chi connectivity index (χ0) is 14.5. The maximum absolute atomic E-state index is 11.7. The van der Waals surface area contributed by atoms with Crippen LogP contribution in [-0.4, -0.2) is 64.5 Å². The number of aliphatic hydroxyl groups excluding tert-OH is 3. The molecule has 1 fully saturated rings. The van der Waals surface area contributed by atoms with Gasteiger partial charge in [-0.15, -0.1) is 4.40 Å². The van der Waals surface area contributed by atoms with E-state index in [4.69, 9.17) is 9.84 Å². The van der Waals surface area contributed by atoms with Gasteiger partial charge < -0.3 is 25.4 Å². The van der Waals surface area contributed by atoms with E-state index in [-0.39, 0.29) is 10.8 Å². The van der Waals surface area contributed by atoms with Crippen molar-refractivity contribution in [3.8, 4) is 0 Å². The van der Waals surface area contributed by atoms with Crippen LogP contribution >= 0.6 is 0 Å². The van der Waals surface area contributed by atoms with E-state index >= 15 is 0 Å². The lowest BCUT2D eigenvalue weighted by Crippen LogP contribution is -2.33. The van der Waals surface area contributed by atoms with Gasteiger partial charge in [-0.3, -0.25) is 4.57 Å². The summed E-state index contributed by atoms with van der Waals surface area (Å²) in [6.45, 7) is -0.473. The fraction of sp³-hybridized carbons (Fsp3) is 0.556. The highest BCUT2D eigenvalue weighted by Gasteiger charge is 2.45. The fourth-order valence-corrected chi connectivity index (χ4v) is 3.06. The van der Waals surface area contributed by atoms with Crippen molar-refractivity contribution in [2.24, 2.45) is 4.40 Å². The van der Waals surface area contributed by atoms with Gasteiger partial charge in [0.2, 0.25) is 5.03 Å². The van der Waals surface area contributed by atoms with Gasteiger partial charge in [-0.1, -0.05) is 0 Å². The Balaban J connectivity index is 2.00. The molecule has 4 atom stereocenters. The van der Waals surface area contributed by atoms with Gasteiger partial charge in [0.15, 0.2) is 12.0 Å². The number of nitrogens with zero attached hydrogens (tertiary/aromatic N) is 3. The second-order valence-electron chi connectivity index (χ2n) is 4.39. The van der Waals surface area contributed by atoms with Crippen molar-refractivity contribution >= 4 is 22.2 Å². The Kier molecular flexibility index (Phi) is 3.02. The van der Waals surface area contributed by atoms with Gasteiger partial charge in [0.25, 0.3) is 0 Å². The largest absolute Gasteiger partial charge is 0.394 e. The molecule has 1 saturated heterocycles. The van der Waals surface area contributed by atoms with Crippen molar-refractivity contribution in [3.63, 3.8) is 0 Å². The third kappa shape index (κ3) is 1.83. The van der Waals surface area contributed by atoms with E-state index in [0.29, 0.717) is 0 Å². The SMILES string of the molecule is O=S1(=O)N=CNc2c1ncn2[C@@H]1O[C@H](CO)[C@@H](O)[C@H]1O. The molecule has 2 aliphatic rings. The number of fused-ring (bicyclic) bond motifs is 1. The average Bonchev–Trinajstić information content (AvgIpc) is 2.94. The van der Waals surface area contributed by atoms with Gasteiger partial charge in [0, 0.05) is 0 Å². The number of sulfonamides is 1. The Morgan fingerprint density at radius 2 is 2.15 bits per heavy atom. The molecule has 10 nitrogen and oxygen atoms in total. The highest BCUT2D eigenvalue weighted by Crippen LogP contribution is 2.34. The lowest BCUT2D eigenvalue weighted by molar-refractivity contribution is -0.0518. The normalized spacial score (nSPS) is 34.8. The predicted molar refractivity (Wildman–Crippen MR) is 64.5 cm³/mol. The summed E-state index contributed by atoms with van der Waals surface area (Å²) in [4.78, 5) is 3.73. The molecule has 0 aliphatic carbocycles. The lowest BCUT2D eigenvalue weighted by Gasteiger charge is -2.19. The molecule has 1 aromatic heterocycles. The molecule has 3 rings (SSSR count). The van der Waals surface area contributed by atoms with Crippen LogP contribution in [0.2, 0.25) is 0 Å². The Labute approximate surface area is 113 Å². The minimum absolute atomic E-state index is 0.0786. The summed E-state index contributed by atoms with van der Waals surface area (Å²) in [5.74, 6) is 0.0786. The van der Waals surface area contributed by atoms with Crippen LogP contribution in [0.5, 0.6) is 0 Å². The standard InChI is InChI=1S/C9H12N4O6S/c14-1-4-5(15)6(16)9(19-4)13-3-11-8-7(13)10-2-12-20(8,17)18/h2-6,9,14-16H,1H2,(H,10,12)/t4-,5-,6-,9-/m1/s1. The van der Waals surface area contributed by atoms with E-state index in [0.717, 1.165) is 12.7 Å². The average molecular weight is 304 g/mol. The minimum Gasteiger partial charge on any atom is -0.394 e. The number of ether oxygens (including phenoxy) is 1. The topological polar surface area (TPSA) is 146 Å². The molecule has 0 amide bonds. The highest BCUT2D eigenvalue weighted by molar-refractivity contribution is 7.90. The van der Waals surface area contributed by atoms with Gasteiger partial charge >= 0.3 is 10.0 Å². The maximum atomic E-state index is 11.7. The number of anilines is 1. The van der Waals surface area contributed by atoms with E-state index < -0.39 is 41.2 Å². The first-order chi connectivity index (χ1) is 9.45. The summed E-state index contributed by atoms with van der Waals surface area (Å²) in [6.07, 6.45) is -2.48. The number of imidazole rings is 1. The van der Waals surface area contributed by atoms with Crippen molar-refractivity contribution in [1.29, 1.82) is 0 Å². The van der Waals surface area contributed by atoms with Crippen LogP contribution in [0.25, 0.3) is 0 Å². The number of nitrogens with one attached hydrogen (secondary N) is 1. The molecule has 3 heterocycles. The van der Waals surface area contributed by atoms with Crippen molar-refractivity contribution < 1.29 is 28.5 Å². The molecule has 20 heavy (non-hydrogen) atoms. The van der Waals surface area contributed by atoms with Crippen LogP contribution in [-0.2, 0) is 14.8 Å². The summed E-state index contributed by atoms with van der Waals surface area (Å²) in [7, 11) is -3.87. The predicted octanol–water partition coefficient (Wildman–Crippen LogP) is -2.36. The number of aliphatic hydroxyl groups is 3. The molecule has 110 valence electrons. The van der Waals surface area contributed by atoms with Crippen molar-refractivity contribution in [2.75, 3.05) is 11.9 Å². The Hall–Kier alpha value is -1.53. The number of hydrogen-bond donors (Lipinski definition) is 4. The van der Waals surface area contributed by atoms with Gasteiger partial charge in [0.05, 0.1) is 6.61 Å². The van der Waals surface area contributed by atoms with Crippen molar-refractivity contribution in [3.05, 3.63) is 6.33 Å². The smallest absolute Gasteiger partial charge is 0.304 e. The van der Waals surface area contributed by atoms with E-state index in [1.54, 1.807) is 0 Å². The Morgan fingerprint density at radius 3 is 2.80 bits per heavy atom. The second kappa shape index (κ2) is 4.49. The molecular formula is C9H12N4O6S. The highest BCUT2D eigenvalue weighted by atomic mass is 32.2. The summed E-state index contributed by atoms with van der Waals surface area (Å²) in [6, 6.07) is 0. The van der Waals surface area contributed by atoms with Crippen molar-refractivity contribution in [2.45, 2.75) is 29.6 Å². The summed E-state index contributed by atoms with van der Waals surface area (Å²) < 4.78 is 33.1. The van der Waals surface area contributed by atoms with Crippen LogP contribution in [0.1, 0.15) is 6.23 Å². The molecule has 2 aliphatic heterocycles. The third-order valence-corrected chi connectivity index (χ3v) is 4.36. The number of hydrogen-bond acceptors (Lipinski definition) is 8. The van der Waals surface area contributed by atoms with Crippen LogP contribution in [0, 0.1) is 0 Å². The van der Waals surface area contributed by atoms with E-state index in [2.05, 4.69) is 14.7 Å². The summed E-state index contributed by atoms with van der Waals surface area (Å²) >= 11 is 0. The van der Waals surface area contributed by atoms with Crippen LogP contribution in [0.4, 0.5) is 5.82 Å². The molecule has 0 bridgehead atoms. The van der Waals surface area contributed by atoms with Gasteiger partial charge in [-0.05, 0) is 0 Å². The first-order valence-electron chi connectivity index (χ1n) is 5.70. The minimum atomic E-state index is -3.87. The second-order valence-corrected chi connectivity index (χ2v) is 5.94. The van der Waals surface area contributed by atoms with Gasteiger partial charge in [-0.25, -0.2) is 4.98 Å². The fourth-order valence-electron chi connectivity index (χ4n) is 2.18. The zero-order valence-electron chi connectivity index (χ0n) is 9.99. The van der Waals surface area contributed by atoms with Crippen molar-refractivity contribution in [1.82, 2.24) is 9.55 Å². The quantitative estimate of drug-likeness (QED) is 0.474. The molecule has 4 N–H and O–H groups in total. The van der Waals surface area contributed by atoms with E-state index in [1.807, 2.05) is 0 Å². The molecule has 0 unspecified atom stereocenters. The maximum Gasteiger partial charge on any atom is 0.304 e. The molecule has 0 aromatic carbocycles. The number of rotatable bonds is 2. The van der Waals surface area contributed by atoms with Crippen LogP contribution < -0.4 is 5.32 Å². The summed E-state index contributed by atoms with van der Waals surface area (Å²) in [5.41, 5.74) is 0. The monoisotopic (exact) mass is 304 g/mol. The number of aromatic nitrogens is 2.